The number of pyridine rings is 1. The van der Waals surface area contributed by atoms with E-state index in [1.165, 1.54) is 6.20 Å². The molecule has 1 saturated heterocycles. The molecule has 1 aliphatic heterocycles. The molecule has 0 bridgehead atoms. The summed E-state index contributed by atoms with van der Waals surface area (Å²) in [6.07, 6.45) is 3.48. The molecule has 7 heteroatoms. The average molecular weight is 292 g/mol. The van der Waals surface area contributed by atoms with Gasteiger partial charge in [0.15, 0.2) is 5.84 Å². The van der Waals surface area contributed by atoms with E-state index in [9.17, 15) is 4.79 Å². The van der Waals surface area contributed by atoms with Crippen LogP contribution in [0, 0.1) is 5.92 Å². The van der Waals surface area contributed by atoms with Crippen LogP contribution in [0.15, 0.2) is 23.5 Å². The maximum Gasteiger partial charge on any atom is 0.272 e. The normalized spacial score (nSPS) is 19.6. The Hall–Kier alpha value is -2.15. The first-order valence-electron chi connectivity index (χ1n) is 6.88. The molecule has 21 heavy (non-hydrogen) atoms. The molecule has 0 saturated carbocycles. The van der Waals surface area contributed by atoms with Crippen LogP contribution in [0.2, 0.25) is 0 Å². The molecule has 2 rings (SSSR count). The standard InChI is InChI=1S/C14H20N4O3/c1-21-9-10-3-2-6-18(8-10)14(19)12-5-4-11(7-16-12)13(15)17-20/h4-5,7,10,20H,2-3,6,8-9H2,1H3,(H2,15,17). The average Bonchev–Trinajstić information content (AvgIpc) is 2.54. The van der Waals surface area contributed by atoms with Crippen LogP contribution in [0.25, 0.3) is 0 Å². The highest BCUT2D eigenvalue weighted by Crippen LogP contribution is 2.18. The molecule has 1 aromatic heterocycles. The fraction of sp³-hybridized carbons (Fsp3) is 0.500. The van der Waals surface area contributed by atoms with Crippen LogP contribution >= 0.6 is 0 Å². The molecule has 0 spiro atoms. The van der Waals surface area contributed by atoms with Gasteiger partial charge in [0.2, 0.25) is 0 Å². The number of ether oxygens (including phenoxy) is 1. The third-order valence-electron chi connectivity index (χ3n) is 3.59. The summed E-state index contributed by atoms with van der Waals surface area (Å²) < 4.78 is 5.17. The minimum Gasteiger partial charge on any atom is -0.409 e. The van der Waals surface area contributed by atoms with Crippen LogP contribution in [0.3, 0.4) is 0 Å². The van der Waals surface area contributed by atoms with Crippen LogP contribution in [-0.4, -0.2) is 53.6 Å². The molecule has 0 radical (unpaired) electrons. The van der Waals surface area contributed by atoms with Gasteiger partial charge >= 0.3 is 0 Å². The number of piperidine rings is 1. The monoisotopic (exact) mass is 292 g/mol. The number of likely N-dealkylation sites (tertiary alicyclic amines) is 1. The summed E-state index contributed by atoms with van der Waals surface area (Å²) in [7, 11) is 1.67. The van der Waals surface area contributed by atoms with Gasteiger partial charge in [-0.3, -0.25) is 9.78 Å². The Kier molecular flexibility index (Phi) is 5.10. The highest BCUT2D eigenvalue weighted by atomic mass is 16.5. The summed E-state index contributed by atoms with van der Waals surface area (Å²) >= 11 is 0. The first kappa shape index (κ1) is 15.2. The van der Waals surface area contributed by atoms with Crippen LogP contribution in [-0.2, 0) is 4.74 Å². The SMILES string of the molecule is COCC1CCCN(C(=O)c2ccc(/C(N)=N/O)cn2)C1. The Morgan fingerprint density at radius 2 is 2.43 bits per heavy atom. The van der Waals surface area contributed by atoms with E-state index in [0.29, 0.717) is 30.3 Å². The zero-order chi connectivity index (χ0) is 15.2. The Morgan fingerprint density at radius 1 is 1.62 bits per heavy atom. The van der Waals surface area contributed by atoms with E-state index in [1.807, 2.05) is 0 Å². The number of nitrogens with zero attached hydrogens (tertiary/aromatic N) is 3. The van der Waals surface area contributed by atoms with Crippen molar-refractivity contribution >= 4 is 11.7 Å². The molecule has 2 heterocycles. The second-order valence-electron chi connectivity index (χ2n) is 5.13. The molecule has 1 fully saturated rings. The molecule has 0 aromatic carbocycles. The number of amidine groups is 1. The minimum absolute atomic E-state index is 0.0281. The van der Waals surface area contributed by atoms with Gasteiger partial charge in [0.25, 0.3) is 5.91 Å². The number of oxime groups is 1. The highest BCUT2D eigenvalue weighted by molar-refractivity contribution is 5.98. The third-order valence-corrected chi connectivity index (χ3v) is 3.59. The maximum absolute atomic E-state index is 12.4. The number of aromatic nitrogens is 1. The predicted octanol–water partition coefficient (Wildman–Crippen LogP) is 0.675. The van der Waals surface area contributed by atoms with Gasteiger partial charge in [0.05, 0.1) is 6.61 Å². The summed E-state index contributed by atoms with van der Waals surface area (Å²) in [5.74, 6) is 0.255. The fourth-order valence-electron chi connectivity index (χ4n) is 2.51. The summed E-state index contributed by atoms with van der Waals surface area (Å²) in [4.78, 5) is 18.3. The second kappa shape index (κ2) is 7.03. The van der Waals surface area contributed by atoms with Gasteiger partial charge in [-0.1, -0.05) is 5.16 Å². The van der Waals surface area contributed by atoms with Gasteiger partial charge in [0, 0.05) is 32.0 Å². The van der Waals surface area contributed by atoms with E-state index in [4.69, 9.17) is 15.7 Å². The summed E-state index contributed by atoms with van der Waals surface area (Å²) in [6.45, 7) is 2.10. The topological polar surface area (TPSA) is 101 Å². The quantitative estimate of drug-likeness (QED) is 0.368. The zero-order valence-electron chi connectivity index (χ0n) is 12.0. The third kappa shape index (κ3) is 3.69. The minimum atomic E-state index is -0.0955. The summed E-state index contributed by atoms with van der Waals surface area (Å²) in [6, 6.07) is 3.21. The molecule has 114 valence electrons. The van der Waals surface area contributed by atoms with Crippen molar-refractivity contribution in [2.45, 2.75) is 12.8 Å². The number of carbonyl (C=O) groups excluding carboxylic acids is 1. The van der Waals surface area contributed by atoms with Gasteiger partial charge in [-0.25, -0.2) is 0 Å². The zero-order valence-corrected chi connectivity index (χ0v) is 12.0. The molecule has 1 aromatic rings. The summed E-state index contributed by atoms with van der Waals surface area (Å²) in [5, 5.41) is 11.5. The molecule has 0 aliphatic carbocycles. The van der Waals surface area contributed by atoms with Crippen molar-refractivity contribution in [3.63, 3.8) is 0 Å². The largest absolute Gasteiger partial charge is 0.409 e. The molecular weight excluding hydrogens is 272 g/mol. The Bertz CT molecular complexity index is 513. The van der Waals surface area contributed by atoms with E-state index in [2.05, 4.69) is 10.1 Å². The van der Waals surface area contributed by atoms with Crippen LogP contribution in [0.1, 0.15) is 28.9 Å². The molecule has 1 aliphatic rings. The van der Waals surface area contributed by atoms with Crippen molar-refractivity contribution in [2.75, 3.05) is 26.8 Å². The van der Waals surface area contributed by atoms with Crippen LogP contribution < -0.4 is 5.73 Å². The number of methoxy groups -OCH3 is 1. The molecule has 1 atom stereocenters. The van der Waals surface area contributed by atoms with Gasteiger partial charge < -0.3 is 20.6 Å². The number of carbonyl (C=O) groups is 1. The Morgan fingerprint density at radius 3 is 3.05 bits per heavy atom. The summed E-state index contributed by atoms with van der Waals surface area (Å²) in [5.41, 5.74) is 6.31. The van der Waals surface area contributed by atoms with E-state index < -0.39 is 0 Å². The van der Waals surface area contributed by atoms with E-state index in [-0.39, 0.29) is 11.7 Å². The van der Waals surface area contributed by atoms with Gasteiger partial charge in [-0.05, 0) is 30.9 Å². The van der Waals surface area contributed by atoms with Crippen molar-refractivity contribution < 1.29 is 14.7 Å². The number of amides is 1. The smallest absolute Gasteiger partial charge is 0.272 e. The van der Waals surface area contributed by atoms with Crippen LogP contribution in [0.5, 0.6) is 0 Å². The Balaban J connectivity index is 2.05. The van der Waals surface area contributed by atoms with Crippen molar-refractivity contribution in [1.82, 2.24) is 9.88 Å². The van der Waals surface area contributed by atoms with E-state index in [0.717, 1.165) is 19.4 Å². The number of hydrogen-bond acceptors (Lipinski definition) is 5. The maximum atomic E-state index is 12.4. The lowest BCUT2D eigenvalue weighted by molar-refractivity contribution is 0.0565. The van der Waals surface area contributed by atoms with Gasteiger partial charge in [-0.15, -0.1) is 0 Å². The predicted molar refractivity (Wildman–Crippen MR) is 77.3 cm³/mol. The number of hydrogen-bond donors (Lipinski definition) is 2. The van der Waals surface area contributed by atoms with E-state index in [1.54, 1.807) is 24.1 Å². The molecule has 1 amide bonds. The van der Waals surface area contributed by atoms with E-state index >= 15 is 0 Å². The van der Waals surface area contributed by atoms with Gasteiger partial charge in [-0.2, -0.15) is 0 Å². The second-order valence-corrected chi connectivity index (χ2v) is 5.13. The lowest BCUT2D eigenvalue weighted by atomic mass is 9.98. The molecular formula is C14H20N4O3. The van der Waals surface area contributed by atoms with Gasteiger partial charge in [0.1, 0.15) is 5.69 Å². The van der Waals surface area contributed by atoms with Crippen molar-refractivity contribution in [2.24, 2.45) is 16.8 Å². The number of nitrogens with two attached hydrogens (primary N) is 1. The lowest BCUT2D eigenvalue weighted by Gasteiger charge is -2.32. The molecule has 7 nitrogen and oxygen atoms in total. The first-order chi connectivity index (χ1) is 10.2. The number of rotatable bonds is 4. The lowest BCUT2D eigenvalue weighted by Crippen LogP contribution is -2.41. The van der Waals surface area contributed by atoms with Crippen molar-refractivity contribution in [3.8, 4) is 0 Å². The van der Waals surface area contributed by atoms with Crippen molar-refractivity contribution in [3.05, 3.63) is 29.6 Å². The highest BCUT2D eigenvalue weighted by Gasteiger charge is 2.25. The Labute approximate surface area is 123 Å². The molecule has 1 unspecified atom stereocenters. The first-order valence-corrected chi connectivity index (χ1v) is 6.88. The van der Waals surface area contributed by atoms with Crippen molar-refractivity contribution in [1.29, 1.82) is 0 Å². The van der Waals surface area contributed by atoms with Crippen LogP contribution in [0.4, 0.5) is 0 Å². The fourth-order valence-corrected chi connectivity index (χ4v) is 2.51. The molecule has 3 N–H and O–H groups in total.